The third-order valence-electron chi connectivity index (χ3n) is 4.02. The molecule has 1 saturated carbocycles. The second kappa shape index (κ2) is 4.97. The van der Waals surface area contributed by atoms with Crippen LogP contribution in [0.3, 0.4) is 0 Å². The summed E-state index contributed by atoms with van der Waals surface area (Å²) in [7, 11) is 1.50. The summed E-state index contributed by atoms with van der Waals surface area (Å²) in [6, 6.07) is 0. The highest BCUT2D eigenvalue weighted by atomic mass is 16.5. The van der Waals surface area contributed by atoms with Crippen molar-refractivity contribution in [3.8, 4) is 0 Å². The van der Waals surface area contributed by atoms with Crippen LogP contribution in [0, 0.1) is 17.8 Å². The Morgan fingerprint density at radius 2 is 1.93 bits per heavy atom. The van der Waals surface area contributed by atoms with Crippen LogP contribution in [-0.4, -0.2) is 26.2 Å². The number of ether oxygens (including phenoxy) is 1. The van der Waals surface area contributed by atoms with Gasteiger partial charge in [-0.3, -0.25) is 4.79 Å². The zero-order chi connectivity index (χ0) is 10.7. The van der Waals surface area contributed by atoms with Crippen molar-refractivity contribution in [2.45, 2.75) is 32.1 Å². The Bertz CT molecular complexity index is 224. The van der Waals surface area contributed by atoms with Gasteiger partial charge in [0.1, 0.15) is 0 Å². The zero-order valence-electron chi connectivity index (χ0n) is 9.50. The van der Waals surface area contributed by atoms with Crippen LogP contribution in [0.1, 0.15) is 32.1 Å². The van der Waals surface area contributed by atoms with Crippen LogP contribution in [0.5, 0.6) is 0 Å². The molecule has 3 heteroatoms. The molecule has 1 aliphatic carbocycles. The number of methoxy groups -OCH3 is 1. The third-order valence-corrected chi connectivity index (χ3v) is 4.02. The van der Waals surface area contributed by atoms with E-state index in [9.17, 15) is 4.79 Å². The van der Waals surface area contributed by atoms with E-state index >= 15 is 0 Å². The third kappa shape index (κ3) is 2.33. The van der Waals surface area contributed by atoms with Crippen LogP contribution in [0.4, 0.5) is 0 Å². The maximum Gasteiger partial charge on any atom is 0.310 e. The molecule has 1 saturated heterocycles. The van der Waals surface area contributed by atoms with Crippen molar-refractivity contribution in [1.82, 2.24) is 5.32 Å². The van der Waals surface area contributed by atoms with Crippen LogP contribution in [0.2, 0.25) is 0 Å². The minimum absolute atomic E-state index is 0.0180. The van der Waals surface area contributed by atoms with E-state index in [-0.39, 0.29) is 11.9 Å². The summed E-state index contributed by atoms with van der Waals surface area (Å²) < 4.78 is 4.88. The van der Waals surface area contributed by atoms with Gasteiger partial charge in [0.2, 0.25) is 0 Å². The molecule has 0 bridgehead atoms. The first-order valence-electron chi connectivity index (χ1n) is 6.11. The largest absolute Gasteiger partial charge is 0.469 e. The molecular formula is C12H21NO2. The van der Waals surface area contributed by atoms with Crippen molar-refractivity contribution in [2.75, 3.05) is 20.2 Å². The number of hydrogen-bond acceptors (Lipinski definition) is 3. The molecule has 86 valence electrons. The molecule has 0 aromatic rings. The quantitative estimate of drug-likeness (QED) is 0.705. The van der Waals surface area contributed by atoms with E-state index in [1.807, 2.05) is 0 Å². The molecule has 0 amide bonds. The van der Waals surface area contributed by atoms with Gasteiger partial charge in [-0.1, -0.05) is 32.1 Å². The number of esters is 1. The lowest BCUT2D eigenvalue weighted by atomic mass is 9.75. The summed E-state index contributed by atoms with van der Waals surface area (Å²) in [5.41, 5.74) is 0. The fraction of sp³-hybridized carbons (Fsp3) is 0.917. The molecule has 2 aliphatic rings. The second-order valence-electron chi connectivity index (χ2n) is 4.85. The van der Waals surface area contributed by atoms with Crippen molar-refractivity contribution in [3.63, 3.8) is 0 Å². The topological polar surface area (TPSA) is 38.3 Å². The highest BCUT2D eigenvalue weighted by Crippen LogP contribution is 2.36. The molecule has 0 radical (unpaired) electrons. The molecular weight excluding hydrogens is 190 g/mol. The minimum atomic E-state index is -0.0180. The Kier molecular flexibility index (Phi) is 3.62. The Morgan fingerprint density at radius 1 is 1.20 bits per heavy atom. The van der Waals surface area contributed by atoms with Gasteiger partial charge in [-0.05, 0) is 18.4 Å². The van der Waals surface area contributed by atoms with Crippen LogP contribution >= 0.6 is 0 Å². The normalized spacial score (nSPS) is 32.9. The molecule has 0 spiro atoms. The van der Waals surface area contributed by atoms with E-state index in [0.29, 0.717) is 5.92 Å². The van der Waals surface area contributed by atoms with Gasteiger partial charge in [0.05, 0.1) is 13.0 Å². The number of rotatable bonds is 2. The van der Waals surface area contributed by atoms with Gasteiger partial charge in [-0.15, -0.1) is 0 Å². The summed E-state index contributed by atoms with van der Waals surface area (Å²) >= 11 is 0. The smallest absolute Gasteiger partial charge is 0.310 e. The summed E-state index contributed by atoms with van der Waals surface area (Å²) in [5.74, 6) is 1.37. The standard InChI is InChI=1S/C12H21NO2/c1-15-12(14)11-8-13-7-10(11)9-5-3-2-4-6-9/h9-11,13H,2-8H2,1H3/t10-,11-/m1/s1. The van der Waals surface area contributed by atoms with Gasteiger partial charge in [-0.25, -0.2) is 0 Å². The van der Waals surface area contributed by atoms with Crippen molar-refractivity contribution in [1.29, 1.82) is 0 Å². The van der Waals surface area contributed by atoms with Crippen LogP contribution in [-0.2, 0) is 9.53 Å². The van der Waals surface area contributed by atoms with Crippen molar-refractivity contribution < 1.29 is 9.53 Å². The van der Waals surface area contributed by atoms with Gasteiger partial charge in [0, 0.05) is 6.54 Å². The maximum atomic E-state index is 11.6. The first-order valence-corrected chi connectivity index (χ1v) is 6.11. The summed E-state index contributed by atoms with van der Waals surface area (Å²) in [5, 5.41) is 3.33. The number of carbonyl (C=O) groups excluding carboxylic acids is 1. The summed E-state index contributed by atoms with van der Waals surface area (Å²) in [6.07, 6.45) is 6.67. The van der Waals surface area contributed by atoms with Gasteiger partial charge in [0.15, 0.2) is 0 Å². The fourth-order valence-electron chi connectivity index (χ4n) is 3.17. The Balaban J connectivity index is 1.97. The van der Waals surface area contributed by atoms with Crippen molar-refractivity contribution in [3.05, 3.63) is 0 Å². The molecule has 0 aromatic heterocycles. The summed E-state index contributed by atoms with van der Waals surface area (Å²) in [4.78, 5) is 11.6. The van der Waals surface area contributed by atoms with Gasteiger partial charge in [-0.2, -0.15) is 0 Å². The van der Waals surface area contributed by atoms with Crippen LogP contribution in [0.25, 0.3) is 0 Å². The molecule has 1 aliphatic heterocycles. The molecule has 1 N–H and O–H groups in total. The SMILES string of the molecule is COC(=O)[C@@H]1CNC[C@@H]1C1CCCCC1. The van der Waals surface area contributed by atoms with E-state index in [1.165, 1.54) is 39.2 Å². The monoisotopic (exact) mass is 211 g/mol. The Morgan fingerprint density at radius 3 is 2.60 bits per heavy atom. The first-order chi connectivity index (χ1) is 7.33. The lowest BCUT2D eigenvalue weighted by Crippen LogP contribution is -2.30. The molecule has 0 unspecified atom stereocenters. The minimum Gasteiger partial charge on any atom is -0.469 e. The van der Waals surface area contributed by atoms with Gasteiger partial charge < -0.3 is 10.1 Å². The number of nitrogens with one attached hydrogen (secondary N) is 1. The molecule has 2 rings (SSSR count). The van der Waals surface area contributed by atoms with E-state index in [0.717, 1.165) is 19.0 Å². The molecule has 2 fully saturated rings. The van der Waals surface area contributed by atoms with Crippen molar-refractivity contribution in [2.24, 2.45) is 17.8 Å². The van der Waals surface area contributed by atoms with Gasteiger partial charge in [0.25, 0.3) is 0 Å². The highest BCUT2D eigenvalue weighted by molar-refractivity contribution is 5.73. The maximum absolute atomic E-state index is 11.6. The van der Waals surface area contributed by atoms with E-state index in [4.69, 9.17) is 4.74 Å². The molecule has 0 aromatic carbocycles. The molecule has 1 heterocycles. The lowest BCUT2D eigenvalue weighted by molar-refractivity contribution is -0.146. The Hall–Kier alpha value is -0.570. The molecule has 2 atom stereocenters. The van der Waals surface area contributed by atoms with Crippen molar-refractivity contribution >= 4 is 5.97 Å². The number of hydrogen-bond donors (Lipinski definition) is 1. The Labute approximate surface area is 91.6 Å². The predicted octanol–water partition coefficient (Wildman–Crippen LogP) is 1.58. The zero-order valence-corrected chi connectivity index (χ0v) is 9.50. The first kappa shape index (κ1) is 10.9. The van der Waals surface area contributed by atoms with Gasteiger partial charge >= 0.3 is 5.97 Å². The molecule has 15 heavy (non-hydrogen) atoms. The molecule has 3 nitrogen and oxygen atoms in total. The average molecular weight is 211 g/mol. The van der Waals surface area contributed by atoms with Crippen LogP contribution in [0.15, 0.2) is 0 Å². The summed E-state index contributed by atoms with van der Waals surface area (Å²) in [6.45, 7) is 1.82. The van der Waals surface area contributed by atoms with E-state index in [2.05, 4.69) is 5.32 Å². The average Bonchev–Trinajstić information content (AvgIpc) is 2.78. The fourth-order valence-corrected chi connectivity index (χ4v) is 3.17. The van der Waals surface area contributed by atoms with E-state index in [1.54, 1.807) is 0 Å². The van der Waals surface area contributed by atoms with E-state index < -0.39 is 0 Å². The lowest BCUT2D eigenvalue weighted by Gasteiger charge is -2.29. The number of carbonyl (C=O) groups is 1. The predicted molar refractivity (Wildman–Crippen MR) is 58.4 cm³/mol. The highest BCUT2D eigenvalue weighted by Gasteiger charge is 2.38. The van der Waals surface area contributed by atoms with Crippen LogP contribution < -0.4 is 5.32 Å². The second-order valence-corrected chi connectivity index (χ2v) is 4.85.